The molecule has 4 aromatic rings. The predicted molar refractivity (Wildman–Crippen MR) is 115 cm³/mol. The number of benzene rings is 2. The van der Waals surface area contributed by atoms with Crippen LogP contribution in [0.5, 0.6) is 0 Å². The van der Waals surface area contributed by atoms with Crippen LogP contribution in [0.15, 0.2) is 55.0 Å². The molecule has 1 atom stereocenters. The molecule has 150 valence electrons. The van der Waals surface area contributed by atoms with Crippen LogP contribution < -0.4 is 11.1 Å². The van der Waals surface area contributed by atoms with Gasteiger partial charge in [-0.05, 0) is 48.4 Å². The number of halogens is 1. The largest absolute Gasteiger partial charge is 0.382 e. The summed E-state index contributed by atoms with van der Waals surface area (Å²) in [5.41, 5.74) is 9.28. The van der Waals surface area contributed by atoms with Crippen molar-refractivity contribution in [1.82, 2.24) is 15.0 Å². The van der Waals surface area contributed by atoms with Gasteiger partial charge in [0.05, 0.1) is 23.2 Å². The zero-order valence-corrected chi connectivity index (χ0v) is 16.5. The van der Waals surface area contributed by atoms with Crippen LogP contribution in [-0.2, 0) is 0 Å². The third-order valence-electron chi connectivity index (χ3n) is 4.95. The van der Waals surface area contributed by atoms with E-state index in [1.165, 1.54) is 18.5 Å². The number of nitriles is 2. The van der Waals surface area contributed by atoms with Gasteiger partial charge < -0.3 is 11.1 Å². The number of nitrogen functional groups attached to an aromatic ring is 1. The summed E-state index contributed by atoms with van der Waals surface area (Å²) in [6, 6.07) is 15.3. The van der Waals surface area contributed by atoms with Crippen LogP contribution in [0.25, 0.3) is 22.0 Å². The minimum atomic E-state index is -0.389. The number of aromatic nitrogens is 3. The van der Waals surface area contributed by atoms with Crippen molar-refractivity contribution in [3.8, 4) is 23.3 Å². The van der Waals surface area contributed by atoms with E-state index in [4.69, 9.17) is 5.73 Å². The molecule has 0 spiro atoms. The van der Waals surface area contributed by atoms with Gasteiger partial charge in [0.15, 0.2) is 0 Å². The first-order valence-electron chi connectivity index (χ1n) is 9.37. The molecule has 0 bridgehead atoms. The van der Waals surface area contributed by atoms with Crippen LogP contribution in [-0.4, -0.2) is 15.0 Å². The number of anilines is 2. The highest BCUT2D eigenvalue weighted by Crippen LogP contribution is 2.36. The summed E-state index contributed by atoms with van der Waals surface area (Å²) in [4.78, 5) is 12.5. The van der Waals surface area contributed by atoms with Gasteiger partial charge in [-0.3, -0.25) is 4.98 Å². The van der Waals surface area contributed by atoms with Gasteiger partial charge in [0.1, 0.15) is 35.4 Å². The Hall–Kier alpha value is -4.56. The van der Waals surface area contributed by atoms with Crippen molar-refractivity contribution in [2.24, 2.45) is 0 Å². The molecular weight excluding hydrogens is 393 g/mol. The Kier molecular flexibility index (Phi) is 5.13. The predicted octanol–water partition coefficient (Wildman–Crippen LogP) is 4.33. The third kappa shape index (κ3) is 3.70. The fraction of sp³-hybridized carbons (Fsp3) is 0.0870. The van der Waals surface area contributed by atoms with Crippen LogP contribution in [0.3, 0.4) is 0 Å². The number of nitrogens with zero attached hydrogens (tertiary/aromatic N) is 5. The number of pyridine rings is 1. The minimum Gasteiger partial charge on any atom is -0.382 e. The second kappa shape index (κ2) is 8.05. The Labute approximate surface area is 177 Å². The van der Waals surface area contributed by atoms with Crippen molar-refractivity contribution >= 4 is 22.5 Å². The fourth-order valence-electron chi connectivity index (χ4n) is 3.48. The van der Waals surface area contributed by atoms with Gasteiger partial charge in [-0.1, -0.05) is 12.1 Å². The molecule has 0 fully saturated rings. The molecule has 0 aliphatic carbocycles. The van der Waals surface area contributed by atoms with E-state index in [2.05, 4.69) is 26.3 Å². The Morgan fingerprint density at radius 1 is 1.06 bits per heavy atom. The molecule has 0 aliphatic heterocycles. The first-order chi connectivity index (χ1) is 15.0. The second-order valence-corrected chi connectivity index (χ2v) is 6.90. The summed E-state index contributed by atoms with van der Waals surface area (Å²) in [7, 11) is 0. The molecule has 8 heteroatoms. The summed E-state index contributed by atoms with van der Waals surface area (Å²) in [5, 5.41) is 22.5. The second-order valence-electron chi connectivity index (χ2n) is 6.90. The first-order valence-corrected chi connectivity index (χ1v) is 9.37. The molecule has 0 amide bonds. The van der Waals surface area contributed by atoms with E-state index in [0.29, 0.717) is 22.3 Å². The molecule has 2 heterocycles. The summed E-state index contributed by atoms with van der Waals surface area (Å²) in [5.74, 6) is -0.0218. The molecule has 0 saturated carbocycles. The standard InChI is InChI=1S/C23H16FN7/c1-13(31-23-18(10-26)22(27)29-12-30-23)19-11-28-20-6-5-16(24)8-17(20)21(19)15-4-2-3-14(7-15)9-25/h2-8,11-13H,1H3,(H3,27,29,30,31)/t13-/m1/s1. The lowest BCUT2D eigenvalue weighted by Gasteiger charge is -2.21. The van der Waals surface area contributed by atoms with Gasteiger partial charge >= 0.3 is 0 Å². The number of rotatable bonds is 4. The number of fused-ring (bicyclic) bond motifs is 1. The number of nitrogens with two attached hydrogens (primary N) is 1. The summed E-state index contributed by atoms with van der Waals surface area (Å²) < 4.78 is 14.1. The molecule has 0 aliphatic rings. The molecule has 0 saturated heterocycles. The summed E-state index contributed by atoms with van der Waals surface area (Å²) in [6.07, 6.45) is 2.97. The van der Waals surface area contributed by atoms with E-state index in [0.717, 1.165) is 16.7 Å². The highest BCUT2D eigenvalue weighted by molar-refractivity contribution is 5.96. The maximum atomic E-state index is 14.1. The van der Waals surface area contributed by atoms with E-state index in [1.807, 2.05) is 19.1 Å². The minimum absolute atomic E-state index is 0.0767. The monoisotopic (exact) mass is 409 g/mol. The zero-order valence-electron chi connectivity index (χ0n) is 16.5. The molecule has 0 radical (unpaired) electrons. The van der Waals surface area contributed by atoms with Crippen molar-refractivity contribution in [3.63, 3.8) is 0 Å². The number of hydrogen-bond donors (Lipinski definition) is 2. The number of nitrogens with one attached hydrogen (secondary N) is 1. The Bertz CT molecular complexity index is 1390. The van der Waals surface area contributed by atoms with Crippen LogP contribution in [0, 0.1) is 28.5 Å². The Morgan fingerprint density at radius 3 is 2.68 bits per heavy atom. The molecule has 0 unspecified atom stereocenters. The summed E-state index contributed by atoms with van der Waals surface area (Å²) in [6.45, 7) is 1.87. The fourth-order valence-corrected chi connectivity index (χ4v) is 3.48. The molecule has 31 heavy (non-hydrogen) atoms. The van der Waals surface area contributed by atoms with Gasteiger partial charge in [-0.25, -0.2) is 14.4 Å². The maximum absolute atomic E-state index is 14.1. The molecule has 2 aromatic heterocycles. The van der Waals surface area contributed by atoms with Gasteiger partial charge in [0, 0.05) is 17.1 Å². The molecule has 2 aromatic carbocycles. The van der Waals surface area contributed by atoms with Crippen molar-refractivity contribution in [2.45, 2.75) is 13.0 Å². The van der Waals surface area contributed by atoms with E-state index in [1.54, 1.807) is 30.5 Å². The SMILES string of the molecule is C[C@@H](Nc1ncnc(N)c1C#N)c1cnc2ccc(F)cc2c1-c1cccc(C#N)c1. The Balaban J connectivity index is 1.91. The van der Waals surface area contributed by atoms with Gasteiger partial charge in [-0.15, -0.1) is 0 Å². The van der Waals surface area contributed by atoms with E-state index < -0.39 is 0 Å². The van der Waals surface area contributed by atoms with Crippen LogP contribution in [0.1, 0.15) is 29.7 Å². The van der Waals surface area contributed by atoms with Gasteiger partial charge in [0.25, 0.3) is 0 Å². The lowest BCUT2D eigenvalue weighted by molar-refractivity contribution is 0.629. The molecule has 7 nitrogen and oxygen atoms in total. The van der Waals surface area contributed by atoms with E-state index in [-0.39, 0.29) is 23.2 Å². The van der Waals surface area contributed by atoms with E-state index >= 15 is 0 Å². The van der Waals surface area contributed by atoms with Crippen molar-refractivity contribution < 1.29 is 4.39 Å². The van der Waals surface area contributed by atoms with Crippen LogP contribution in [0.2, 0.25) is 0 Å². The Morgan fingerprint density at radius 2 is 1.90 bits per heavy atom. The molecule has 4 rings (SSSR count). The van der Waals surface area contributed by atoms with Gasteiger partial charge in [0.2, 0.25) is 0 Å². The van der Waals surface area contributed by atoms with Crippen molar-refractivity contribution in [3.05, 3.63) is 77.5 Å². The molecular formula is C23H16FN7. The van der Waals surface area contributed by atoms with Gasteiger partial charge in [-0.2, -0.15) is 10.5 Å². The lowest BCUT2D eigenvalue weighted by atomic mass is 9.92. The highest BCUT2D eigenvalue weighted by atomic mass is 19.1. The quantitative estimate of drug-likeness (QED) is 0.514. The topological polar surface area (TPSA) is 124 Å². The number of hydrogen-bond acceptors (Lipinski definition) is 7. The molecule has 3 N–H and O–H groups in total. The van der Waals surface area contributed by atoms with E-state index in [9.17, 15) is 14.9 Å². The normalized spacial score (nSPS) is 11.5. The highest BCUT2D eigenvalue weighted by Gasteiger charge is 2.19. The third-order valence-corrected chi connectivity index (χ3v) is 4.95. The average molecular weight is 409 g/mol. The smallest absolute Gasteiger partial charge is 0.150 e. The average Bonchev–Trinajstić information content (AvgIpc) is 2.78. The van der Waals surface area contributed by atoms with Crippen LogP contribution >= 0.6 is 0 Å². The van der Waals surface area contributed by atoms with Crippen molar-refractivity contribution in [2.75, 3.05) is 11.1 Å². The van der Waals surface area contributed by atoms with Crippen LogP contribution in [0.4, 0.5) is 16.0 Å². The first kappa shape index (κ1) is 19.7. The lowest BCUT2D eigenvalue weighted by Crippen LogP contribution is -2.12. The maximum Gasteiger partial charge on any atom is 0.150 e. The van der Waals surface area contributed by atoms with Crippen molar-refractivity contribution in [1.29, 1.82) is 10.5 Å². The zero-order chi connectivity index (χ0) is 22.0. The summed E-state index contributed by atoms with van der Waals surface area (Å²) >= 11 is 0.